The molecular formula is C13H25N5. The lowest BCUT2D eigenvalue weighted by molar-refractivity contribution is 0.208. The molecule has 1 fully saturated rings. The molecule has 0 aliphatic carbocycles. The summed E-state index contributed by atoms with van der Waals surface area (Å²) in [5.41, 5.74) is 6.40. The van der Waals surface area contributed by atoms with E-state index in [0.717, 1.165) is 37.9 Å². The van der Waals surface area contributed by atoms with Gasteiger partial charge in [-0.2, -0.15) is 5.10 Å². The summed E-state index contributed by atoms with van der Waals surface area (Å²) in [6, 6.07) is 0.739. The second kappa shape index (κ2) is 6.20. The van der Waals surface area contributed by atoms with Gasteiger partial charge in [-0.05, 0) is 26.1 Å². The molecule has 0 spiro atoms. The van der Waals surface area contributed by atoms with E-state index in [1.807, 2.05) is 10.9 Å². The molecule has 18 heavy (non-hydrogen) atoms. The van der Waals surface area contributed by atoms with Gasteiger partial charge >= 0.3 is 0 Å². The monoisotopic (exact) mass is 251 g/mol. The van der Waals surface area contributed by atoms with Crippen molar-refractivity contribution in [1.29, 1.82) is 0 Å². The molecule has 2 heterocycles. The van der Waals surface area contributed by atoms with E-state index >= 15 is 0 Å². The molecule has 0 radical (unpaired) electrons. The third kappa shape index (κ3) is 3.23. The molecule has 1 saturated heterocycles. The molecule has 5 heteroatoms. The van der Waals surface area contributed by atoms with Crippen molar-refractivity contribution in [2.75, 3.05) is 38.5 Å². The van der Waals surface area contributed by atoms with E-state index in [9.17, 15) is 0 Å². The molecule has 1 aliphatic rings. The van der Waals surface area contributed by atoms with Gasteiger partial charge in [-0.15, -0.1) is 0 Å². The van der Waals surface area contributed by atoms with Gasteiger partial charge < -0.3 is 5.73 Å². The highest BCUT2D eigenvalue weighted by molar-refractivity contribution is 5.30. The molecule has 5 nitrogen and oxygen atoms in total. The SMILES string of the molecule is CCN(CC)C1CCN(CCn2cc(N)cn2)C1. The largest absolute Gasteiger partial charge is 0.396 e. The Morgan fingerprint density at radius 2 is 2.17 bits per heavy atom. The molecule has 1 unspecified atom stereocenters. The van der Waals surface area contributed by atoms with Crippen molar-refractivity contribution in [3.8, 4) is 0 Å². The lowest BCUT2D eigenvalue weighted by Gasteiger charge is -2.26. The normalized spacial score (nSPS) is 20.9. The maximum absolute atomic E-state index is 5.66. The van der Waals surface area contributed by atoms with Crippen LogP contribution in [0.4, 0.5) is 5.69 Å². The molecule has 1 aromatic rings. The predicted octanol–water partition coefficient (Wildman–Crippen LogP) is 0.881. The molecule has 1 atom stereocenters. The number of rotatable bonds is 6. The topological polar surface area (TPSA) is 50.3 Å². The summed E-state index contributed by atoms with van der Waals surface area (Å²) in [5, 5.41) is 4.22. The first kappa shape index (κ1) is 13.4. The second-order valence-electron chi connectivity index (χ2n) is 5.00. The van der Waals surface area contributed by atoms with Gasteiger partial charge in [0.25, 0.3) is 0 Å². The van der Waals surface area contributed by atoms with Crippen molar-refractivity contribution < 1.29 is 0 Å². The summed E-state index contributed by atoms with van der Waals surface area (Å²) in [6.07, 6.45) is 4.91. The van der Waals surface area contributed by atoms with Crippen LogP contribution in [0.15, 0.2) is 12.4 Å². The van der Waals surface area contributed by atoms with E-state index in [-0.39, 0.29) is 0 Å². The quantitative estimate of drug-likeness (QED) is 0.815. The highest BCUT2D eigenvalue weighted by atomic mass is 15.3. The number of hydrogen-bond acceptors (Lipinski definition) is 4. The lowest BCUT2D eigenvalue weighted by atomic mass is 10.2. The van der Waals surface area contributed by atoms with Gasteiger partial charge in [0.2, 0.25) is 0 Å². The van der Waals surface area contributed by atoms with E-state index < -0.39 is 0 Å². The van der Waals surface area contributed by atoms with Crippen LogP contribution in [0.1, 0.15) is 20.3 Å². The smallest absolute Gasteiger partial charge is 0.0719 e. The van der Waals surface area contributed by atoms with Crippen molar-refractivity contribution in [2.45, 2.75) is 32.9 Å². The highest BCUT2D eigenvalue weighted by Crippen LogP contribution is 2.15. The molecule has 2 rings (SSSR count). The summed E-state index contributed by atoms with van der Waals surface area (Å²) >= 11 is 0. The van der Waals surface area contributed by atoms with Crippen LogP contribution in [0, 0.1) is 0 Å². The predicted molar refractivity (Wildman–Crippen MR) is 74.4 cm³/mol. The first-order valence-electron chi connectivity index (χ1n) is 6.97. The highest BCUT2D eigenvalue weighted by Gasteiger charge is 2.25. The summed E-state index contributed by atoms with van der Waals surface area (Å²) in [7, 11) is 0. The molecule has 1 aromatic heterocycles. The number of nitrogen functional groups attached to an aromatic ring is 1. The zero-order chi connectivity index (χ0) is 13.0. The Balaban J connectivity index is 1.76. The van der Waals surface area contributed by atoms with Crippen LogP contribution in [0.3, 0.4) is 0 Å². The number of anilines is 1. The lowest BCUT2D eigenvalue weighted by Crippen LogP contribution is -2.37. The summed E-state index contributed by atoms with van der Waals surface area (Å²) in [4.78, 5) is 5.09. The Labute approximate surface area is 110 Å². The van der Waals surface area contributed by atoms with Gasteiger partial charge in [-0.3, -0.25) is 14.5 Å². The van der Waals surface area contributed by atoms with Gasteiger partial charge in [0, 0.05) is 25.3 Å². The van der Waals surface area contributed by atoms with Crippen LogP contribution in [0.2, 0.25) is 0 Å². The summed E-state index contributed by atoms with van der Waals surface area (Å²) in [6.45, 7) is 11.2. The van der Waals surface area contributed by atoms with Crippen LogP contribution in [0.5, 0.6) is 0 Å². The summed E-state index contributed by atoms with van der Waals surface area (Å²) in [5.74, 6) is 0. The van der Waals surface area contributed by atoms with Crippen molar-refractivity contribution >= 4 is 5.69 Å². The minimum atomic E-state index is 0.739. The van der Waals surface area contributed by atoms with Gasteiger partial charge in [-0.25, -0.2) is 0 Å². The van der Waals surface area contributed by atoms with E-state index in [2.05, 4.69) is 28.7 Å². The third-order valence-corrected chi connectivity index (χ3v) is 3.87. The van der Waals surface area contributed by atoms with Crippen molar-refractivity contribution in [3.05, 3.63) is 12.4 Å². The van der Waals surface area contributed by atoms with Crippen LogP contribution < -0.4 is 5.73 Å². The number of likely N-dealkylation sites (N-methyl/N-ethyl adjacent to an activating group) is 1. The number of nitrogens with zero attached hydrogens (tertiary/aromatic N) is 4. The molecule has 0 bridgehead atoms. The Hall–Kier alpha value is -1.07. The fourth-order valence-corrected chi connectivity index (χ4v) is 2.80. The molecule has 102 valence electrons. The molecule has 0 amide bonds. The maximum atomic E-state index is 5.66. The molecule has 0 aromatic carbocycles. The van der Waals surface area contributed by atoms with Crippen molar-refractivity contribution in [1.82, 2.24) is 19.6 Å². The standard InChI is InChI=1S/C13H25N5/c1-3-17(4-2)13-5-6-16(11-13)7-8-18-10-12(14)9-15-18/h9-10,13H,3-8,11,14H2,1-2H3. The zero-order valence-electron chi connectivity index (χ0n) is 11.5. The van der Waals surface area contributed by atoms with E-state index in [1.54, 1.807) is 6.20 Å². The van der Waals surface area contributed by atoms with Crippen LogP contribution >= 0.6 is 0 Å². The van der Waals surface area contributed by atoms with Gasteiger partial charge in [0.15, 0.2) is 0 Å². The Morgan fingerprint density at radius 1 is 1.39 bits per heavy atom. The average molecular weight is 251 g/mol. The Morgan fingerprint density at radius 3 is 2.78 bits per heavy atom. The van der Waals surface area contributed by atoms with Crippen LogP contribution in [-0.4, -0.2) is 58.3 Å². The number of aromatic nitrogens is 2. The zero-order valence-corrected chi connectivity index (χ0v) is 11.5. The Bertz CT molecular complexity index is 358. The summed E-state index contributed by atoms with van der Waals surface area (Å²) < 4.78 is 1.93. The minimum absolute atomic E-state index is 0.739. The third-order valence-electron chi connectivity index (χ3n) is 3.87. The molecule has 1 aliphatic heterocycles. The van der Waals surface area contributed by atoms with Crippen LogP contribution in [-0.2, 0) is 6.54 Å². The van der Waals surface area contributed by atoms with Crippen molar-refractivity contribution in [3.63, 3.8) is 0 Å². The molecule has 2 N–H and O–H groups in total. The maximum Gasteiger partial charge on any atom is 0.0719 e. The number of likely N-dealkylation sites (tertiary alicyclic amines) is 1. The Kier molecular flexibility index (Phi) is 4.60. The fourth-order valence-electron chi connectivity index (χ4n) is 2.80. The van der Waals surface area contributed by atoms with Gasteiger partial charge in [0.1, 0.15) is 0 Å². The fraction of sp³-hybridized carbons (Fsp3) is 0.769. The number of hydrogen-bond donors (Lipinski definition) is 1. The average Bonchev–Trinajstić information content (AvgIpc) is 2.98. The van der Waals surface area contributed by atoms with E-state index in [4.69, 9.17) is 5.73 Å². The van der Waals surface area contributed by atoms with Crippen LogP contribution in [0.25, 0.3) is 0 Å². The molecule has 0 saturated carbocycles. The van der Waals surface area contributed by atoms with E-state index in [1.165, 1.54) is 19.5 Å². The second-order valence-corrected chi connectivity index (χ2v) is 5.00. The molecular weight excluding hydrogens is 226 g/mol. The van der Waals surface area contributed by atoms with Crippen molar-refractivity contribution in [2.24, 2.45) is 0 Å². The van der Waals surface area contributed by atoms with Gasteiger partial charge in [-0.1, -0.05) is 13.8 Å². The minimum Gasteiger partial charge on any atom is -0.396 e. The van der Waals surface area contributed by atoms with Gasteiger partial charge in [0.05, 0.1) is 18.4 Å². The first-order valence-corrected chi connectivity index (χ1v) is 6.97. The van der Waals surface area contributed by atoms with E-state index in [0.29, 0.717) is 0 Å². The number of nitrogens with two attached hydrogens (primary N) is 1. The first-order chi connectivity index (χ1) is 8.72.